The van der Waals surface area contributed by atoms with E-state index >= 15 is 0 Å². The molecule has 0 aliphatic rings. The predicted octanol–water partition coefficient (Wildman–Crippen LogP) is 3.84. The van der Waals surface area contributed by atoms with E-state index in [1.165, 1.54) is 18.3 Å². The Morgan fingerprint density at radius 2 is 2.04 bits per heavy atom. The van der Waals surface area contributed by atoms with Crippen LogP contribution in [0.4, 0.5) is 5.00 Å². The summed E-state index contributed by atoms with van der Waals surface area (Å²) in [5.74, 6) is -0.175. The molecule has 1 aromatic carbocycles. The van der Waals surface area contributed by atoms with Crippen molar-refractivity contribution in [2.45, 2.75) is 26.9 Å². The Bertz CT molecular complexity index is 823. The van der Waals surface area contributed by atoms with Crippen LogP contribution < -0.4 is 10.1 Å². The molecular formula is C19H20N2O4S. The van der Waals surface area contributed by atoms with Gasteiger partial charge in [0, 0.05) is 0 Å². The zero-order valence-electron chi connectivity index (χ0n) is 14.8. The number of anilines is 1. The molecule has 136 valence electrons. The third-order valence-electron chi connectivity index (χ3n) is 3.33. The molecular weight excluding hydrogens is 352 g/mol. The number of nitrogens with one attached hydrogen (secondary N) is 1. The quantitative estimate of drug-likeness (QED) is 0.746. The molecule has 1 aromatic heterocycles. The average molecular weight is 372 g/mol. The average Bonchev–Trinajstić information content (AvgIpc) is 3.07. The standard InChI is InChI=1S/C19H20N2O4S/c1-12(2)11-24-16-6-4-5-14(9-16)19(23)25-13(3)17(22)21-18-15(10-20)7-8-26-18/h4-9,12-13H,11H2,1-3H3,(H,21,22)/t13-/m1/s1. The maximum Gasteiger partial charge on any atom is 0.339 e. The van der Waals surface area contributed by atoms with Crippen molar-refractivity contribution >= 4 is 28.2 Å². The number of nitrogens with zero attached hydrogens (tertiary/aromatic N) is 1. The lowest BCUT2D eigenvalue weighted by Crippen LogP contribution is -2.29. The van der Waals surface area contributed by atoms with Crippen molar-refractivity contribution in [1.82, 2.24) is 0 Å². The first-order chi connectivity index (χ1) is 12.4. The molecule has 0 saturated carbocycles. The molecule has 0 bridgehead atoms. The van der Waals surface area contributed by atoms with Gasteiger partial charge < -0.3 is 14.8 Å². The van der Waals surface area contributed by atoms with E-state index in [1.807, 2.05) is 19.9 Å². The van der Waals surface area contributed by atoms with E-state index in [1.54, 1.807) is 35.7 Å². The highest BCUT2D eigenvalue weighted by Gasteiger charge is 2.20. The van der Waals surface area contributed by atoms with Crippen molar-refractivity contribution in [3.05, 3.63) is 46.8 Å². The fourth-order valence-electron chi connectivity index (χ4n) is 1.97. The van der Waals surface area contributed by atoms with Gasteiger partial charge in [-0.05, 0) is 42.5 Å². The van der Waals surface area contributed by atoms with E-state index in [0.29, 0.717) is 34.4 Å². The third kappa shape index (κ3) is 5.33. The zero-order chi connectivity index (χ0) is 19.1. The Morgan fingerprint density at radius 3 is 2.73 bits per heavy atom. The van der Waals surface area contributed by atoms with Crippen molar-refractivity contribution in [3.8, 4) is 11.8 Å². The number of rotatable bonds is 7. The van der Waals surface area contributed by atoms with Crippen LogP contribution in [0, 0.1) is 17.2 Å². The van der Waals surface area contributed by atoms with Crippen LogP contribution in [0.5, 0.6) is 5.75 Å². The molecule has 0 radical (unpaired) electrons. The Labute approximate surface area is 156 Å². The molecule has 0 fully saturated rings. The van der Waals surface area contributed by atoms with Gasteiger partial charge in [-0.15, -0.1) is 11.3 Å². The van der Waals surface area contributed by atoms with Crippen LogP contribution in [0.2, 0.25) is 0 Å². The normalized spacial score (nSPS) is 11.5. The van der Waals surface area contributed by atoms with Crippen LogP contribution in [0.3, 0.4) is 0 Å². The second-order valence-electron chi connectivity index (χ2n) is 6.04. The van der Waals surface area contributed by atoms with Gasteiger partial charge in [0.25, 0.3) is 5.91 Å². The maximum absolute atomic E-state index is 12.3. The number of esters is 1. The summed E-state index contributed by atoms with van der Waals surface area (Å²) < 4.78 is 10.8. The first-order valence-corrected chi connectivity index (χ1v) is 9.01. The topological polar surface area (TPSA) is 88.4 Å². The minimum Gasteiger partial charge on any atom is -0.493 e. The fraction of sp³-hybridized carbons (Fsp3) is 0.316. The van der Waals surface area contributed by atoms with Gasteiger partial charge in [0.1, 0.15) is 16.8 Å². The molecule has 1 heterocycles. The van der Waals surface area contributed by atoms with E-state index in [2.05, 4.69) is 5.32 Å². The van der Waals surface area contributed by atoms with Crippen LogP contribution in [0.15, 0.2) is 35.7 Å². The smallest absolute Gasteiger partial charge is 0.339 e. The predicted molar refractivity (Wildman–Crippen MR) is 99.3 cm³/mol. The lowest BCUT2D eigenvalue weighted by Gasteiger charge is -2.14. The van der Waals surface area contributed by atoms with E-state index in [9.17, 15) is 9.59 Å². The summed E-state index contributed by atoms with van der Waals surface area (Å²) in [5.41, 5.74) is 0.677. The fourth-order valence-corrected chi connectivity index (χ4v) is 2.71. The molecule has 1 amide bonds. The number of ether oxygens (including phenoxy) is 2. The van der Waals surface area contributed by atoms with E-state index in [0.717, 1.165) is 0 Å². The van der Waals surface area contributed by atoms with Gasteiger partial charge in [-0.2, -0.15) is 5.26 Å². The van der Waals surface area contributed by atoms with Crippen LogP contribution in [-0.4, -0.2) is 24.6 Å². The molecule has 0 unspecified atom stereocenters. The molecule has 7 heteroatoms. The Kier molecular flexibility index (Phi) is 6.75. The van der Waals surface area contributed by atoms with Crippen molar-refractivity contribution in [3.63, 3.8) is 0 Å². The molecule has 2 aromatic rings. The highest BCUT2D eigenvalue weighted by molar-refractivity contribution is 7.14. The molecule has 6 nitrogen and oxygen atoms in total. The highest BCUT2D eigenvalue weighted by Crippen LogP contribution is 2.22. The SMILES string of the molecule is CC(C)COc1cccc(C(=O)O[C@H](C)C(=O)Nc2sccc2C#N)c1. The Balaban J connectivity index is 1.97. The first-order valence-electron chi connectivity index (χ1n) is 8.13. The molecule has 0 aliphatic carbocycles. The van der Waals surface area contributed by atoms with E-state index in [4.69, 9.17) is 14.7 Å². The summed E-state index contributed by atoms with van der Waals surface area (Å²) in [6, 6.07) is 10.2. The van der Waals surface area contributed by atoms with Gasteiger partial charge >= 0.3 is 5.97 Å². The van der Waals surface area contributed by atoms with Crippen molar-refractivity contribution in [2.75, 3.05) is 11.9 Å². The lowest BCUT2D eigenvalue weighted by atomic mass is 10.2. The summed E-state index contributed by atoms with van der Waals surface area (Å²) in [6.07, 6.45) is -1.00. The molecule has 26 heavy (non-hydrogen) atoms. The van der Waals surface area contributed by atoms with Crippen molar-refractivity contribution in [2.24, 2.45) is 5.92 Å². The molecule has 0 aliphatic heterocycles. The summed E-state index contributed by atoms with van der Waals surface area (Å²) in [5, 5.41) is 13.7. The number of carbonyl (C=O) groups excluding carboxylic acids is 2. The Hall–Kier alpha value is -2.85. The number of amides is 1. The summed E-state index contributed by atoms with van der Waals surface area (Å²) >= 11 is 1.23. The van der Waals surface area contributed by atoms with Gasteiger partial charge in [0.15, 0.2) is 6.10 Å². The number of nitriles is 1. The molecule has 2 rings (SSSR count). The third-order valence-corrected chi connectivity index (χ3v) is 4.16. The molecule has 1 N–H and O–H groups in total. The van der Waals surface area contributed by atoms with E-state index < -0.39 is 18.0 Å². The minimum absolute atomic E-state index is 0.305. The second kappa shape index (κ2) is 9.02. The molecule has 1 atom stereocenters. The number of carbonyl (C=O) groups is 2. The zero-order valence-corrected chi connectivity index (χ0v) is 15.6. The number of benzene rings is 1. The molecule has 0 spiro atoms. The van der Waals surface area contributed by atoms with Crippen LogP contribution in [0.1, 0.15) is 36.7 Å². The summed E-state index contributed by atoms with van der Waals surface area (Å²) in [6.45, 7) is 6.08. The van der Waals surface area contributed by atoms with Gasteiger partial charge in [0.05, 0.1) is 17.7 Å². The van der Waals surface area contributed by atoms with Crippen LogP contribution in [0.25, 0.3) is 0 Å². The van der Waals surface area contributed by atoms with Gasteiger partial charge in [-0.1, -0.05) is 19.9 Å². The minimum atomic E-state index is -1.00. The van der Waals surface area contributed by atoms with Crippen molar-refractivity contribution < 1.29 is 19.1 Å². The highest BCUT2D eigenvalue weighted by atomic mass is 32.1. The van der Waals surface area contributed by atoms with Gasteiger partial charge in [-0.3, -0.25) is 4.79 Å². The van der Waals surface area contributed by atoms with Crippen LogP contribution in [-0.2, 0) is 9.53 Å². The first kappa shape index (κ1) is 19.5. The summed E-state index contributed by atoms with van der Waals surface area (Å²) in [7, 11) is 0. The van der Waals surface area contributed by atoms with Gasteiger partial charge in [-0.25, -0.2) is 4.79 Å². The van der Waals surface area contributed by atoms with Gasteiger partial charge in [0.2, 0.25) is 0 Å². The monoisotopic (exact) mass is 372 g/mol. The lowest BCUT2D eigenvalue weighted by molar-refractivity contribution is -0.123. The molecule has 0 saturated heterocycles. The number of hydrogen-bond acceptors (Lipinski definition) is 6. The van der Waals surface area contributed by atoms with E-state index in [-0.39, 0.29) is 0 Å². The summed E-state index contributed by atoms with van der Waals surface area (Å²) in [4.78, 5) is 24.4. The second-order valence-corrected chi connectivity index (χ2v) is 6.96. The number of hydrogen-bond donors (Lipinski definition) is 1. The maximum atomic E-state index is 12.3. The Morgan fingerprint density at radius 1 is 1.27 bits per heavy atom. The van der Waals surface area contributed by atoms with Crippen LogP contribution >= 0.6 is 11.3 Å². The number of thiophene rings is 1. The van der Waals surface area contributed by atoms with Crippen molar-refractivity contribution in [1.29, 1.82) is 5.26 Å². The largest absolute Gasteiger partial charge is 0.493 e.